The fourth-order valence-corrected chi connectivity index (χ4v) is 4.38. The van der Waals surface area contributed by atoms with Gasteiger partial charge >= 0.3 is 0 Å². The number of benzene rings is 1. The van der Waals surface area contributed by atoms with Gasteiger partial charge in [-0.05, 0) is 64.9 Å². The zero-order valence-electron chi connectivity index (χ0n) is 19.2. The zero-order chi connectivity index (χ0) is 22.7. The van der Waals surface area contributed by atoms with Crippen molar-refractivity contribution in [3.05, 3.63) is 59.5 Å². The predicted molar refractivity (Wildman–Crippen MR) is 126 cm³/mol. The van der Waals surface area contributed by atoms with E-state index in [0.29, 0.717) is 12.6 Å². The van der Waals surface area contributed by atoms with Crippen LogP contribution in [0.1, 0.15) is 29.8 Å². The van der Waals surface area contributed by atoms with Crippen molar-refractivity contribution in [3.63, 3.8) is 0 Å². The third-order valence-corrected chi connectivity index (χ3v) is 6.00. The first-order valence-electron chi connectivity index (χ1n) is 11.1. The number of amides is 1. The molecule has 8 heteroatoms. The van der Waals surface area contributed by atoms with E-state index in [1.807, 2.05) is 49.8 Å². The van der Waals surface area contributed by atoms with Crippen molar-refractivity contribution in [2.24, 2.45) is 0 Å². The Morgan fingerprint density at radius 1 is 1.19 bits per heavy atom. The van der Waals surface area contributed by atoms with E-state index in [9.17, 15) is 4.79 Å². The molecular formula is C24H31N7O. The second kappa shape index (κ2) is 9.48. The zero-order valence-corrected chi connectivity index (χ0v) is 19.2. The number of hydrogen-bond donors (Lipinski definition) is 1. The van der Waals surface area contributed by atoms with Gasteiger partial charge in [0.2, 0.25) is 5.91 Å². The molecule has 168 valence electrons. The Labute approximate surface area is 189 Å². The Bertz CT molecular complexity index is 1060. The number of nitrogens with one attached hydrogen (secondary N) is 1. The van der Waals surface area contributed by atoms with Crippen molar-refractivity contribution < 1.29 is 4.79 Å². The standard InChI is InChI=1S/C24H31N7O/c1-17-9-11-20(12-10-17)31-19(3)24(18(2)28-31)26-23(32)16-29(4)15-21-7-6-14-30(21)22-8-5-13-25-27-22/h5,8-13,21H,6-7,14-16H2,1-4H3,(H,26,32). The number of aromatic nitrogens is 4. The molecule has 1 fully saturated rings. The van der Waals surface area contributed by atoms with Gasteiger partial charge in [-0.25, -0.2) is 4.68 Å². The fourth-order valence-electron chi connectivity index (χ4n) is 4.38. The number of hydrogen-bond acceptors (Lipinski definition) is 6. The van der Waals surface area contributed by atoms with E-state index < -0.39 is 0 Å². The summed E-state index contributed by atoms with van der Waals surface area (Å²) in [6.45, 7) is 8.06. The quantitative estimate of drug-likeness (QED) is 0.617. The highest BCUT2D eigenvalue weighted by atomic mass is 16.2. The van der Waals surface area contributed by atoms with Crippen LogP contribution < -0.4 is 10.2 Å². The maximum atomic E-state index is 12.8. The first-order chi connectivity index (χ1) is 15.4. The molecule has 1 amide bonds. The van der Waals surface area contributed by atoms with Crippen molar-refractivity contribution in [1.82, 2.24) is 24.9 Å². The molecule has 1 aromatic carbocycles. The van der Waals surface area contributed by atoms with Crippen molar-refractivity contribution in [1.29, 1.82) is 0 Å². The molecule has 0 spiro atoms. The van der Waals surface area contributed by atoms with Crippen LogP contribution >= 0.6 is 0 Å². The van der Waals surface area contributed by atoms with Gasteiger partial charge in [-0.15, -0.1) is 5.10 Å². The first-order valence-corrected chi connectivity index (χ1v) is 11.1. The molecule has 8 nitrogen and oxygen atoms in total. The Kier molecular flexibility index (Phi) is 6.50. The third-order valence-electron chi connectivity index (χ3n) is 6.00. The van der Waals surface area contributed by atoms with Crippen LogP contribution in [0.3, 0.4) is 0 Å². The summed E-state index contributed by atoms with van der Waals surface area (Å²) in [5.41, 5.74) is 4.70. The molecule has 3 aromatic rings. The van der Waals surface area contributed by atoms with Crippen LogP contribution in [-0.4, -0.2) is 63.5 Å². The molecule has 1 saturated heterocycles. The van der Waals surface area contributed by atoms with E-state index in [4.69, 9.17) is 0 Å². The highest BCUT2D eigenvalue weighted by molar-refractivity contribution is 5.93. The molecule has 0 aliphatic carbocycles. The lowest BCUT2D eigenvalue weighted by molar-refractivity contribution is -0.117. The van der Waals surface area contributed by atoms with Crippen LogP contribution in [-0.2, 0) is 4.79 Å². The van der Waals surface area contributed by atoms with E-state index in [1.165, 1.54) is 5.56 Å². The lowest BCUT2D eigenvalue weighted by atomic mass is 10.2. The molecular weight excluding hydrogens is 402 g/mol. The van der Waals surface area contributed by atoms with E-state index in [-0.39, 0.29) is 5.91 Å². The Balaban J connectivity index is 1.38. The number of nitrogens with zero attached hydrogens (tertiary/aromatic N) is 6. The Morgan fingerprint density at radius 3 is 2.69 bits per heavy atom. The first kappa shape index (κ1) is 22.0. The third kappa shape index (κ3) is 4.80. The predicted octanol–water partition coefficient (Wildman–Crippen LogP) is 3.13. The molecule has 32 heavy (non-hydrogen) atoms. The number of carbonyl (C=O) groups is 1. The number of aryl methyl sites for hydroxylation is 2. The lowest BCUT2D eigenvalue weighted by Crippen LogP contribution is -2.42. The van der Waals surface area contributed by atoms with Crippen molar-refractivity contribution >= 4 is 17.4 Å². The molecule has 1 atom stereocenters. The Hall–Kier alpha value is -3.26. The molecule has 1 aliphatic heterocycles. The molecule has 2 aromatic heterocycles. The number of carbonyl (C=O) groups excluding carboxylic acids is 1. The molecule has 0 saturated carbocycles. The van der Waals surface area contributed by atoms with Gasteiger partial charge < -0.3 is 10.2 Å². The molecule has 1 N–H and O–H groups in total. The van der Waals surface area contributed by atoms with Gasteiger partial charge in [-0.2, -0.15) is 10.2 Å². The maximum Gasteiger partial charge on any atom is 0.238 e. The summed E-state index contributed by atoms with van der Waals surface area (Å²) in [5, 5.41) is 16.0. The second-order valence-corrected chi connectivity index (χ2v) is 8.61. The minimum atomic E-state index is -0.0359. The van der Waals surface area contributed by atoms with Crippen LogP contribution in [0.4, 0.5) is 11.5 Å². The average Bonchev–Trinajstić information content (AvgIpc) is 3.34. The molecule has 1 unspecified atom stereocenters. The summed E-state index contributed by atoms with van der Waals surface area (Å²) in [7, 11) is 1.99. The minimum absolute atomic E-state index is 0.0359. The van der Waals surface area contributed by atoms with Gasteiger partial charge in [0.05, 0.1) is 29.3 Å². The molecule has 0 bridgehead atoms. The average molecular weight is 434 g/mol. The Morgan fingerprint density at radius 2 is 1.97 bits per heavy atom. The van der Waals surface area contributed by atoms with E-state index in [1.54, 1.807) is 6.20 Å². The SMILES string of the molecule is Cc1ccc(-n2nc(C)c(NC(=O)CN(C)CC3CCCN3c3cccnn3)c2C)cc1. The van der Waals surface area contributed by atoms with Crippen LogP contribution in [0.15, 0.2) is 42.6 Å². The van der Waals surface area contributed by atoms with Gasteiger partial charge in [0, 0.05) is 25.3 Å². The fraction of sp³-hybridized carbons (Fsp3) is 0.417. The van der Waals surface area contributed by atoms with E-state index in [2.05, 4.69) is 49.5 Å². The summed E-state index contributed by atoms with van der Waals surface area (Å²) in [6.07, 6.45) is 3.90. The topological polar surface area (TPSA) is 79.2 Å². The summed E-state index contributed by atoms with van der Waals surface area (Å²) < 4.78 is 1.88. The summed E-state index contributed by atoms with van der Waals surface area (Å²) in [4.78, 5) is 17.2. The second-order valence-electron chi connectivity index (χ2n) is 8.61. The van der Waals surface area contributed by atoms with Gasteiger partial charge in [0.15, 0.2) is 5.82 Å². The van der Waals surface area contributed by atoms with Crippen LogP contribution in [0.5, 0.6) is 0 Å². The van der Waals surface area contributed by atoms with Crippen LogP contribution in [0.25, 0.3) is 5.69 Å². The molecule has 4 rings (SSSR count). The van der Waals surface area contributed by atoms with Crippen LogP contribution in [0.2, 0.25) is 0 Å². The monoisotopic (exact) mass is 433 g/mol. The highest BCUT2D eigenvalue weighted by Crippen LogP contribution is 2.25. The van der Waals surface area contributed by atoms with Gasteiger partial charge in [0.1, 0.15) is 0 Å². The maximum absolute atomic E-state index is 12.8. The number of anilines is 2. The molecule has 0 radical (unpaired) electrons. The summed E-state index contributed by atoms with van der Waals surface area (Å²) in [5.74, 6) is 0.869. The lowest BCUT2D eigenvalue weighted by Gasteiger charge is -2.28. The minimum Gasteiger partial charge on any atom is -0.351 e. The summed E-state index contributed by atoms with van der Waals surface area (Å²) in [6, 6.07) is 12.4. The highest BCUT2D eigenvalue weighted by Gasteiger charge is 2.27. The molecule has 3 heterocycles. The van der Waals surface area contributed by atoms with Gasteiger partial charge in [-0.3, -0.25) is 9.69 Å². The van der Waals surface area contributed by atoms with E-state index >= 15 is 0 Å². The van der Waals surface area contributed by atoms with Crippen molar-refractivity contribution in [3.8, 4) is 5.69 Å². The normalized spacial score (nSPS) is 16.0. The number of likely N-dealkylation sites (N-methyl/N-ethyl adjacent to an activating group) is 1. The largest absolute Gasteiger partial charge is 0.351 e. The smallest absolute Gasteiger partial charge is 0.238 e. The van der Waals surface area contributed by atoms with Gasteiger partial charge in [0.25, 0.3) is 0 Å². The van der Waals surface area contributed by atoms with Crippen LogP contribution in [0, 0.1) is 20.8 Å². The summed E-state index contributed by atoms with van der Waals surface area (Å²) >= 11 is 0. The van der Waals surface area contributed by atoms with E-state index in [0.717, 1.165) is 54.5 Å². The van der Waals surface area contributed by atoms with Crippen molar-refractivity contribution in [2.45, 2.75) is 39.7 Å². The van der Waals surface area contributed by atoms with Gasteiger partial charge in [-0.1, -0.05) is 17.7 Å². The van der Waals surface area contributed by atoms with Crippen molar-refractivity contribution in [2.75, 3.05) is 36.9 Å². The molecule has 1 aliphatic rings. The number of rotatable bonds is 7.